The van der Waals surface area contributed by atoms with Crippen molar-refractivity contribution in [2.45, 2.75) is 6.04 Å². The molecule has 3 aromatic carbocycles. The van der Waals surface area contributed by atoms with E-state index in [1.807, 2.05) is 18.2 Å². The highest BCUT2D eigenvalue weighted by Crippen LogP contribution is 2.37. The molecule has 3 N–H and O–H groups in total. The summed E-state index contributed by atoms with van der Waals surface area (Å²) >= 11 is 0. The molecule has 2 aromatic heterocycles. The molecule has 7 heteroatoms. The number of rotatable bonds is 3. The average molecular weight is 401 g/mol. The minimum atomic E-state index is -0.883. The summed E-state index contributed by atoms with van der Waals surface area (Å²) in [7, 11) is 0. The summed E-state index contributed by atoms with van der Waals surface area (Å²) in [5.74, 6) is -0.563. The number of nitrogens with one attached hydrogen (secondary N) is 2. The molecule has 1 atom stereocenters. The zero-order valence-electron chi connectivity index (χ0n) is 15.6. The summed E-state index contributed by atoms with van der Waals surface area (Å²) in [6.45, 7) is 0. The molecule has 6 nitrogen and oxygen atoms in total. The van der Waals surface area contributed by atoms with Crippen molar-refractivity contribution < 1.29 is 9.50 Å². The van der Waals surface area contributed by atoms with Gasteiger partial charge in [-0.1, -0.05) is 42.5 Å². The second-order valence-electron chi connectivity index (χ2n) is 7.05. The van der Waals surface area contributed by atoms with Crippen LogP contribution in [0, 0.1) is 5.82 Å². The molecule has 0 aliphatic rings. The second-order valence-corrected chi connectivity index (χ2v) is 7.05. The first-order valence-corrected chi connectivity index (χ1v) is 9.33. The monoisotopic (exact) mass is 401 g/mol. The van der Waals surface area contributed by atoms with Crippen molar-refractivity contribution in [2.24, 2.45) is 0 Å². The SMILES string of the molecule is O=c1[nH]n(C(c2ccc(F)cc2)c2c(O)[nH]c3ccccc23)c(=O)c2ccccc12. The van der Waals surface area contributed by atoms with Gasteiger partial charge in [-0.3, -0.25) is 14.7 Å². The van der Waals surface area contributed by atoms with Crippen LogP contribution >= 0.6 is 0 Å². The lowest BCUT2D eigenvalue weighted by Gasteiger charge is -2.21. The standard InChI is InChI=1S/C23H16FN3O3/c24-14-11-9-13(10-12-14)20(19-17-7-3-4-8-18(17)25-22(19)29)27-23(30)16-6-2-1-5-15(16)21(28)26-27/h1-12,20,25,29H,(H,26,28). The first kappa shape index (κ1) is 17.9. The highest BCUT2D eigenvalue weighted by Gasteiger charge is 2.26. The number of nitrogens with zero attached hydrogens (tertiary/aromatic N) is 1. The number of halogens is 1. The van der Waals surface area contributed by atoms with E-state index in [-0.39, 0.29) is 16.7 Å². The van der Waals surface area contributed by atoms with Crippen molar-refractivity contribution in [1.82, 2.24) is 14.8 Å². The summed E-state index contributed by atoms with van der Waals surface area (Å²) in [6, 6.07) is 18.5. The average Bonchev–Trinajstić information content (AvgIpc) is 3.09. The van der Waals surface area contributed by atoms with Gasteiger partial charge in [0.2, 0.25) is 0 Å². The van der Waals surface area contributed by atoms with Gasteiger partial charge in [-0.25, -0.2) is 9.07 Å². The maximum absolute atomic E-state index is 13.6. The van der Waals surface area contributed by atoms with Crippen LogP contribution < -0.4 is 11.1 Å². The molecule has 30 heavy (non-hydrogen) atoms. The summed E-state index contributed by atoms with van der Waals surface area (Å²) in [6.07, 6.45) is 0. The molecule has 148 valence electrons. The van der Waals surface area contributed by atoms with Crippen LogP contribution in [-0.2, 0) is 0 Å². The van der Waals surface area contributed by atoms with Gasteiger partial charge in [-0.15, -0.1) is 0 Å². The van der Waals surface area contributed by atoms with Gasteiger partial charge in [0, 0.05) is 10.9 Å². The fourth-order valence-electron chi connectivity index (χ4n) is 3.92. The Morgan fingerprint density at radius 2 is 1.47 bits per heavy atom. The third-order valence-corrected chi connectivity index (χ3v) is 5.29. The van der Waals surface area contributed by atoms with E-state index in [0.29, 0.717) is 22.0 Å². The van der Waals surface area contributed by atoms with Gasteiger partial charge in [0.25, 0.3) is 11.1 Å². The van der Waals surface area contributed by atoms with Crippen LogP contribution in [0.25, 0.3) is 21.7 Å². The van der Waals surface area contributed by atoms with E-state index in [1.165, 1.54) is 28.9 Å². The van der Waals surface area contributed by atoms with Crippen molar-refractivity contribution >= 4 is 21.7 Å². The van der Waals surface area contributed by atoms with Crippen molar-refractivity contribution in [2.75, 3.05) is 0 Å². The third-order valence-electron chi connectivity index (χ3n) is 5.29. The van der Waals surface area contributed by atoms with Crippen LogP contribution in [0.15, 0.2) is 82.4 Å². The molecule has 0 amide bonds. The zero-order chi connectivity index (χ0) is 20.8. The first-order valence-electron chi connectivity index (χ1n) is 9.33. The summed E-state index contributed by atoms with van der Waals surface area (Å²) < 4.78 is 14.8. The van der Waals surface area contributed by atoms with Gasteiger partial charge < -0.3 is 10.1 Å². The predicted octanol–water partition coefficient (Wildman–Crippen LogP) is 3.65. The maximum Gasteiger partial charge on any atom is 0.274 e. The Labute approximate surface area is 168 Å². The van der Waals surface area contributed by atoms with Gasteiger partial charge in [0.05, 0.1) is 16.3 Å². The lowest BCUT2D eigenvalue weighted by molar-refractivity contribution is 0.439. The van der Waals surface area contributed by atoms with Crippen LogP contribution in [0.5, 0.6) is 5.88 Å². The van der Waals surface area contributed by atoms with Crippen LogP contribution in [0.1, 0.15) is 17.2 Å². The third kappa shape index (κ3) is 2.71. The van der Waals surface area contributed by atoms with E-state index in [4.69, 9.17) is 0 Å². The molecule has 0 bridgehead atoms. The Kier molecular flexibility index (Phi) is 4.03. The van der Waals surface area contributed by atoms with Crippen LogP contribution in [0.4, 0.5) is 4.39 Å². The van der Waals surface area contributed by atoms with Crippen LogP contribution in [0.2, 0.25) is 0 Å². The molecule has 0 saturated carbocycles. The molecule has 0 saturated heterocycles. The highest BCUT2D eigenvalue weighted by atomic mass is 19.1. The van der Waals surface area contributed by atoms with Crippen LogP contribution in [-0.4, -0.2) is 19.9 Å². The van der Waals surface area contributed by atoms with E-state index in [0.717, 1.165) is 0 Å². The van der Waals surface area contributed by atoms with Gasteiger partial charge in [-0.2, -0.15) is 0 Å². The van der Waals surface area contributed by atoms with Gasteiger partial charge >= 0.3 is 0 Å². The number of H-pyrrole nitrogens is 2. The molecule has 5 rings (SSSR count). The number of hydrogen-bond donors (Lipinski definition) is 3. The summed E-state index contributed by atoms with van der Waals surface area (Å²) in [5.41, 5.74) is 0.754. The molecule has 0 aliphatic carbocycles. The van der Waals surface area contributed by atoms with E-state index in [1.54, 1.807) is 30.3 Å². The van der Waals surface area contributed by atoms with E-state index in [9.17, 15) is 19.1 Å². The van der Waals surface area contributed by atoms with E-state index in [2.05, 4.69) is 10.1 Å². The van der Waals surface area contributed by atoms with Crippen molar-refractivity contribution in [1.29, 1.82) is 0 Å². The molecule has 2 heterocycles. The molecule has 0 radical (unpaired) electrons. The molecular weight excluding hydrogens is 385 g/mol. The van der Waals surface area contributed by atoms with Crippen molar-refractivity contribution in [3.63, 3.8) is 0 Å². The lowest BCUT2D eigenvalue weighted by Crippen LogP contribution is -2.34. The number of hydrogen-bond acceptors (Lipinski definition) is 3. The fraction of sp³-hybridized carbons (Fsp3) is 0.0435. The number of aromatic nitrogens is 3. The Morgan fingerprint density at radius 3 is 2.20 bits per heavy atom. The van der Waals surface area contributed by atoms with Gasteiger partial charge in [0.1, 0.15) is 11.9 Å². The van der Waals surface area contributed by atoms with Gasteiger partial charge in [0.15, 0.2) is 5.88 Å². The van der Waals surface area contributed by atoms with E-state index >= 15 is 0 Å². The quantitative estimate of drug-likeness (QED) is 0.431. The second kappa shape index (κ2) is 6.73. The van der Waals surface area contributed by atoms with Gasteiger partial charge in [-0.05, 0) is 35.9 Å². The summed E-state index contributed by atoms with van der Waals surface area (Å²) in [5, 5.41) is 14.6. The zero-order valence-corrected chi connectivity index (χ0v) is 15.6. The lowest BCUT2D eigenvalue weighted by atomic mass is 9.97. The van der Waals surface area contributed by atoms with Crippen molar-refractivity contribution in [3.8, 4) is 5.88 Å². The Hall–Kier alpha value is -4.13. The molecule has 0 spiro atoms. The highest BCUT2D eigenvalue weighted by molar-refractivity contribution is 5.87. The molecule has 0 aliphatic heterocycles. The number of aromatic hydroxyl groups is 1. The molecule has 1 unspecified atom stereocenters. The smallest absolute Gasteiger partial charge is 0.274 e. The topological polar surface area (TPSA) is 90.9 Å². The summed E-state index contributed by atoms with van der Waals surface area (Å²) in [4.78, 5) is 28.9. The Balaban J connectivity index is 1.89. The number of para-hydroxylation sites is 1. The minimum absolute atomic E-state index is 0.133. The minimum Gasteiger partial charge on any atom is -0.494 e. The Morgan fingerprint density at radius 1 is 0.833 bits per heavy atom. The first-order chi connectivity index (χ1) is 14.5. The molecule has 0 fully saturated rings. The number of benzene rings is 3. The predicted molar refractivity (Wildman–Crippen MR) is 112 cm³/mol. The maximum atomic E-state index is 13.6. The number of fused-ring (bicyclic) bond motifs is 2. The largest absolute Gasteiger partial charge is 0.494 e. The fourth-order valence-corrected chi connectivity index (χ4v) is 3.92. The Bertz CT molecular complexity index is 1510. The van der Waals surface area contributed by atoms with Crippen molar-refractivity contribution in [3.05, 3.63) is 110 Å². The normalized spacial score (nSPS) is 12.4. The molecular formula is C23H16FN3O3. The number of aromatic amines is 2. The van der Waals surface area contributed by atoms with E-state index < -0.39 is 23.0 Å². The van der Waals surface area contributed by atoms with Crippen LogP contribution in [0.3, 0.4) is 0 Å². The molecule has 5 aromatic rings.